The van der Waals surface area contributed by atoms with Gasteiger partial charge in [-0.3, -0.25) is 19.6 Å². The first-order chi connectivity index (χ1) is 16.4. The number of allylic oxidation sites excluding steroid dienone is 1. The summed E-state index contributed by atoms with van der Waals surface area (Å²) < 4.78 is 0. The van der Waals surface area contributed by atoms with Crippen LogP contribution in [-0.4, -0.2) is 84.4 Å². The van der Waals surface area contributed by atoms with E-state index in [-0.39, 0.29) is 22.2 Å². The van der Waals surface area contributed by atoms with Gasteiger partial charge in [-0.1, -0.05) is 23.0 Å². The van der Waals surface area contributed by atoms with Crippen molar-refractivity contribution in [1.82, 2.24) is 30.4 Å². The smallest absolute Gasteiger partial charge is 0.353 e. The van der Waals surface area contributed by atoms with Crippen LogP contribution in [0, 0.1) is 0 Å². The molecule has 16 heteroatoms. The third-order valence-electron chi connectivity index (χ3n) is 4.73. The number of oxime groups is 1. The summed E-state index contributed by atoms with van der Waals surface area (Å²) in [6, 6.07) is -1.42. The second-order valence-electron chi connectivity index (χ2n) is 6.75. The molecule has 1 saturated heterocycles. The number of nitrogen functional groups attached to an aromatic ring is 1. The number of carboxylic acids is 1. The predicted molar refractivity (Wildman–Crippen MR) is 126 cm³/mol. The minimum atomic E-state index is -1.22. The maximum absolute atomic E-state index is 12.9. The summed E-state index contributed by atoms with van der Waals surface area (Å²) in [5, 5.41) is 25.0. The molecule has 178 valence electrons. The molecule has 2 aliphatic rings. The van der Waals surface area contributed by atoms with E-state index in [1.807, 2.05) is 0 Å². The largest absolute Gasteiger partial charge is 0.477 e. The highest BCUT2D eigenvalue weighted by Gasteiger charge is 2.53. The number of aromatic amines is 1. The molecule has 2 aromatic heterocycles. The fourth-order valence-corrected chi connectivity index (χ4v) is 5.64. The van der Waals surface area contributed by atoms with E-state index in [0.717, 1.165) is 11.3 Å². The number of anilines is 1. The number of carbonyl (C=O) groups is 3. The van der Waals surface area contributed by atoms with E-state index in [0.29, 0.717) is 21.6 Å². The van der Waals surface area contributed by atoms with E-state index in [1.165, 1.54) is 41.9 Å². The van der Waals surface area contributed by atoms with Crippen LogP contribution in [0.1, 0.15) is 5.69 Å². The Labute approximate surface area is 204 Å². The monoisotopic (exact) mass is 522 g/mol. The number of nitrogens with two attached hydrogens (primary N) is 1. The highest BCUT2D eigenvalue weighted by Crippen LogP contribution is 2.39. The van der Waals surface area contributed by atoms with Crippen molar-refractivity contribution in [1.29, 1.82) is 0 Å². The Morgan fingerprint density at radius 1 is 1.53 bits per heavy atom. The number of carbonyl (C=O) groups excluding carboxylic acids is 2. The number of nitrogens with one attached hydrogen (secondary N) is 2. The SMILES string of the molecule is CON=C(C(=O)N[C@@H]1C(=O)N2C(C(=O)O)=C(/C=C/CSc3ncn[nH]3)SC[C@H]12)c1csc(N)n1. The van der Waals surface area contributed by atoms with Crippen LogP contribution in [0.2, 0.25) is 0 Å². The predicted octanol–water partition coefficient (Wildman–Crippen LogP) is 0.281. The number of rotatable bonds is 9. The van der Waals surface area contributed by atoms with Crippen LogP contribution in [-0.2, 0) is 19.2 Å². The number of aromatic nitrogens is 4. The lowest BCUT2D eigenvalue weighted by molar-refractivity contribution is -0.153. The van der Waals surface area contributed by atoms with Crippen LogP contribution in [0.3, 0.4) is 0 Å². The Balaban J connectivity index is 1.46. The standard InChI is InChI=1S/C18H18N8O5S3/c1-31-25-11(8-5-34-17(19)22-8)14(27)23-12-9-6-33-10(13(16(29)30)26(9)15(12)28)3-2-4-32-18-20-7-21-24-18/h2-3,5,7,9,12H,4,6H2,1H3,(H2,19,22)(H,23,27)(H,29,30)(H,20,21,24)/b3-2+,25-11?/t9-,12+/m1/s1. The fraction of sp³-hybridized carbons (Fsp3) is 0.278. The molecule has 0 aromatic carbocycles. The summed E-state index contributed by atoms with van der Waals surface area (Å²) in [4.78, 5) is 52.0. The van der Waals surface area contributed by atoms with Crippen molar-refractivity contribution in [2.45, 2.75) is 17.2 Å². The molecule has 0 bridgehead atoms. The average Bonchev–Trinajstić information content (AvgIpc) is 3.49. The zero-order chi connectivity index (χ0) is 24.2. The minimum Gasteiger partial charge on any atom is -0.477 e. The molecule has 2 amide bonds. The molecule has 13 nitrogen and oxygen atoms in total. The first-order valence-electron chi connectivity index (χ1n) is 9.62. The molecular weight excluding hydrogens is 504 g/mol. The lowest BCUT2D eigenvalue weighted by Gasteiger charge is -2.49. The van der Waals surface area contributed by atoms with Crippen molar-refractivity contribution >= 4 is 63.5 Å². The quantitative estimate of drug-likeness (QED) is 0.153. The number of aliphatic carboxylic acids is 1. The van der Waals surface area contributed by atoms with Crippen LogP contribution in [0.5, 0.6) is 0 Å². The number of hydrogen-bond acceptors (Lipinski definition) is 12. The Bertz CT molecular complexity index is 1190. The third-order valence-corrected chi connectivity index (χ3v) is 7.39. The van der Waals surface area contributed by atoms with Crippen LogP contribution in [0.25, 0.3) is 0 Å². The van der Waals surface area contributed by atoms with Crippen molar-refractivity contribution in [2.24, 2.45) is 5.16 Å². The minimum absolute atomic E-state index is 0.115. The zero-order valence-corrected chi connectivity index (χ0v) is 19.9. The highest BCUT2D eigenvalue weighted by atomic mass is 32.2. The van der Waals surface area contributed by atoms with Gasteiger partial charge in [0.2, 0.25) is 0 Å². The number of amides is 2. The lowest BCUT2D eigenvalue weighted by atomic mass is 9.94. The first kappa shape index (κ1) is 23.8. The second-order valence-corrected chi connectivity index (χ2v) is 9.71. The van der Waals surface area contributed by atoms with E-state index in [1.54, 1.807) is 17.5 Å². The maximum atomic E-state index is 12.9. The van der Waals surface area contributed by atoms with Gasteiger partial charge in [-0.15, -0.1) is 23.1 Å². The molecule has 0 spiro atoms. The van der Waals surface area contributed by atoms with E-state index in [4.69, 9.17) is 10.6 Å². The van der Waals surface area contributed by atoms with Gasteiger partial charge in [0.05, 0.1) is 6.04 Å². The molecular formula is C18H18N8O5S3. The van der Waals surface area contributed by atoms with E-state index in [2.05, 4.69) is 30.6 Å². The molecule has 4 heterocycles. The van der Waals surface area contributed by atoms with Gasteiger partial charge in [-0.25, -0.2) is 14.8 Å². The van der Waals surface area contributed by atoms with Crippen molar-refractivity contribution in [3.05, 3.63) is 40.2 Å². The molecule has 0 saturated carbocycles. The number of carboxylic acid groups (broad SMARTS) is 1. The molecule has 2 aromatic rings. The van der Waals surface area contributed by atoms with Gasteiger partial charge in [0.25, 0.3) is 11.8 Å². The maximum Gasteiger partial charge on any atom is 0.353 e. The molecule has 4 rings (SSSR count). The van der Waals surface area contributed by atoms with Gasteiger partial charge in [0.15, 0.2) is 16.0 Å². The highest BCUT2D eigenvalue weighted by molar-refractivity contribution is 8.03. The number of thiazole rings is 1. The van der Waals surface area contributed by atoms with Crippen LogP contribution in [0.15, 0.2) is 44.8 Å². The van der Waals surface area contributed by atoms with Crippen LogP contribution in [0.4, 0.5) is 5.13 Å². The van der Waals surface area contributed by atoms with E-state index >= 15 is 0 Å². The normalized spacial score (nSPS) is 20.3. The molecule has 34 heavy (non-hydrogen) atoms. The lowest BCUT2D eigenvalue weighted by Crippen LogP contribution is -2.73. The van der Waals surface area contributed by atoms with Crippen molar-refractivity contribution < 1.29 is 24.3 Å². The van der Waals surface area contributed by atoms with Crippen LogP contribution >= 0.6 is 34.9 Å². The van der Waals surface area contributed by atoms with E-state index < -0.39 is 29.9 Å². The Morgan fingerprint density at radius 3 is 3.00 bits per heavy atom. The molecule has 0 aliphatic carbocycles. The Kier molecular flexibility index (Phi) is 7.18. The molecule has 0 radical (unpaired) electrons. The summed E-state index contributed by atoms with van der Waals surface area (Å²) in [6.45, 7) is 0. The molecule has 2 aliphatic heterocycles. The molecule has 2 atom stereocenters. The number of nitrogens with zero attached hydrogens (tertiary/aromatic N) is 5. The van der Waals surface area contributed by atoms with Gasteiger partial charge >= 0.3 is 5.97 Å². The van der Waals surface area contributed by atoms with Gasteiger partial charge in [0, 0.05) is 21.8 Å². The Hall–Kier alpha value is -3.37. The van der Waals surface area contributed by atoms with E-state index in [9.17, 15) is 19.5 Å². The number of fused-ring (bicyclic) bond motifs is 1. The second kappa shape index (κ2) is 10.3. The number of H-pyrrole nitrogens is 1. The number of hydrogen-bond donors (Lipinski definition) is 4. The van der Waals surface area contributed by atoms with Gasteiger partial charge in [-0.2, -0.15) is 5.10 Å². The number of thioether (sulfide) groups is 2. The molecule has 0 unspecified atom stereocenters. The summed E-state index contributed by atoms with van der Waals surface area (Å²) in [7, 11) is 1.28. The summed E-state index contributed by atoms with van der Waals surface area (Å²) in [5.41, 5.74) is 5.59. The van der Waals surface area contributed by atoms with Crippen LogP contribution < -0.4 is 11.1 Å². The van der Waals surface area contributed by atoms with Crippen molar-refractivity contribution in [3.63, 3.8) is 0 Å². The fourth-order valence-electron chi connectivity index (χ4n) is 3.30. The average molecular weight is 523 g/mol. The third kappa shape index (κ3) is 4.78. The van der Waals surface area contributed by atoms with Gasteiger partial charge in [0.1, 0.15) is 30.9 Å². The van der Waals surface area contributed by atoms with Gasteiger partial charge < -0.3 is 21.0 Å². The molecule has 1 fully saturated rings. The van der Waals surface area contributed by atoms with Crippen molar-refractivity contribution in [2.75, 3.05) is 24.3 Å². The van der Waals surface area contributed by atoms with Crippen molar-refractivity contribution in [3.8, 4) is 0 Å². The first-order valence-corrected chi connectivity index (χ1v) is 12.5. The summed E-state index contributed by atoms with van der Waals surface area (Å²) in [6.07, 6.45) is 4.85. The Morgan fingerprint density at radius 2 is 2.35 bits per heavy atom. The topological polar surface area (TPSA) is 189 Å². The zero-order valence-electron chi connectivity index (χ0n) is 17.5. The molecule has 5 N–H and O–H groups in total. The van der Waals surface area contributed by atoms with Gasteiger partial charge in [-0.05, 0) is 6.08 Å². The summed E-state index contributed by atoms with van der Waals surface area (Å²) >= 11 is 3.83. The summed E-state index contributed by atoms with van der Waals surface area (Å²) in [5.74, 6) is -1.48. The number of β-lactam (4-membered cyclic amide) rings is 1.